The molecule has 0 unspecified atom stereocenters. The largest absolute Gasteiger partial charge is 0.339 e. The second-order valence-electron chi connectivity index (χ2n) is 4.24. The summed E-state index contributed by atoms with van der Waals surface area (Å²) >= 11 is 6.01. The molecular weight excluding hydrogens is 242 g/mol. The number of hydrogen-bond acceptors (Lipinski definition) is 5. The summed E-state index contributed by atoms with van der Waals surface area (Å²) < 4.78 is 6.99. The minimum atomic E-state index is 0.433. The predicted molar refractivity (Wildman–Crippen MR) is 59.7 cm³/mol. The lowest BCUT2D eigenvalue weighted by atomic mass is 10.3. The molecule has 1 saturated carbocycles. The normalized spacial score (nSPS) is 15.4. The first-order chi connectivity index (χ1) is 8.24. The Balaban J connectivity index is 1.74. The molecule has 3 rings (SSSR count). The van der Waals surface area contributed by atoms with Crippen LogP contribution in [0.15, 0.2) is 4.52 Å². The molecule has 17 heavy (non-hydrogen) atoms. The van der Waals surface area contributed by atoms with Crippen molar-refractivity contribution in [3.8, 4) is 0 Å². The van der Waals surface area contributed by atoms with E-state index in [4.69, 9.17) is 16.1 Å². The van der Waals surface area contributed by atoms with Crippen molar-refractivity contribution in [2.24, 2.45) is 0 Å². The van der Waals surface area contributed by atoms with Crippen LogP contribution in [0.1, 0.15) is 36.3 Å². The molecule has 0 saturated heterocycles. The Morgan fingerprint density at radius 2 is 2.24 bits per heavy atom. The zero-order valence-electron chi connectivity index (χ0n) is 9.43. The molecule has 0 aromatic carbocycles. The summed E-state index contributed by atoms with van der Waals surface area (Å²) in [7, 11) is 0. The molecule has 7 heteroatoms. The summed E-state index contributed by atoms with van der Waals surface area (Å²) in [6.45, 7) is 2.48. The summed E-state index contributed by atoms with van der Waals surface area (Å²) in [6, 6.07) is 0. The van der Waals surface area contributed by atoms with Crippen molar-refractivity contribution >= 4 is 11.6 Å². The van der Waals surface area contributed by atoms with Crippen molar-refractivity contribution in [3.05, 3.63) is 22.8 Å². The Morgan fingerprint density at radius 1 is 1.41 bits per heavy atom. The van der Waals surface area contributed by atoms with Gasteiger partial charge < -0.3 is 9.09 Å². The van der Waals surface area contributed by atoms with E-state index in [-0.39, 0.29) is 0 Å². The fraction of sp³-hybridized carbons (Fsp3) is 0.600. The Bertz CT molecular complexity index is 531. The van der Waals surface area contributed by atoms with Crippen LogP contribution in [-0.2, 0) is 13.0 Å². The number of rotatable bonds is 4. The molecule has 2 aromatic rings. The monoisotopic (exact) mass is 253 g/mol. The molecule has 1 fully saturated rings. The van der Waals surface area contributed by atoms with Crippen LogP contribution in [0.4, 0.5) is 0 Å². The van der Waals surface area contributed by atoms with Gasteiger partial charge in [0.05, 0.1) is 0 Å². The average molecular weight is 254 g/mol. The molecule has 1 aliphatic rings. The van der Waals surface area contributed by atoms with E-state index in [1.807, 2.05) is 4.57 Å². The summed E-state index contributed by atoms with van der Waals surface area (Å²) in [5.41, 5.74) is 0. The molecule has 0 bridgehead atoms. The van der Waals surface area contributed by atoms with Crippen LogP contribution in [0.5, 0.6) is 0 Å². The summed E-state index contributed by atoms with van der Waals surface area (Å²) in [6.07, 6.45) is 3.00. The zero-order chi connectivity index (χ0) is 11.8. The van der Waals surface area contributed by atoms with E-state index >= 15 is 0 Å². The topological polar surface area (TPSA) is 69.6 Å². The molecule has 0 aliphatic heterocycles. The third kappa shape index (κ3) is 2.17. The summed E-state index contributed by atoms with van der Waals surface area (Å²) in [5, 5.41) is 12.2. The maximum atomic E-state index is 6.01. The quantitative estimate of drug-likeness (QED) is 0.830. The van der Waals surface area contributed by atoms with E-state index in [0.29, 0.717) is 35.9 Å². The Morgan fingerprint density at radius 3 is 2.88 bits per heavy atom. The number of aryl methyl sites for hydroxylation is 2. The standard InChI is InChI=1S/C10H12ClN5O/c1-6-12-8(17-15-6)4-5-16-9(7-2-3-7)13-14-10(16)11/h7H,2-5H2,1H3. The highest BCUT2D eigenvalue weighted by atomic mass is 35.5. The summed E-state index contributed by atoms with van der Waals surface area (Å²) in [4.78, 5) is 4.15. The second kappa shape index (κ2) is 4.10. The van der Waals surface area contributed by atoms with Crippen molar-refractivity contribution in [2.45, 2.75) is 38.6 Å². The molecule has 0 radical (unpaired) electrons. The van der Waals surface area contributed by atoms with Crippen LogP contribution in [0.25, 0.3) is 0 Å². The van der Waals surface area contributed by atoms with Gasteiger partial charge in [0.2, 0.25) is 11.2 Å². The van der Waals surface area contributed by atoms with Gasteiger partial charge in [0.1, 0.15) is 5.82 Å². The van der Waals surface area contributed by atoms with Gasteiger partial charge in [-0.05, 0) is 31.4 Å². The van der Waals surface area contributed by atoms with Crippen LogP contribution < -0.4 is 0 Å². The van der Waals surface area contributed by atoms with Gasteiger partial charge in [-0.1, -0.05) is 5.16 Å². The minimum Gasteiger partial charge on any atom is -0.339 e. The highest BCUT2D eigenvalue weighted by Crippen LogP contribution is 2.39. The highest BCUT2D eigenvalue weighted by Gasteiger charge is 2.30. The van der Waals surface area contributed by atoms with Gasteiger partial charge in [-0.2, -0.15) is 4.98 Å². The van der Waals surface area contributed by atoms with Crippen molar-refractivity contribution in [1.82, 2.24) is 24.9 Å². The Labute approximate surface area is 103 Å². The zero-order valence-corrected chi connectivity index (χ0v) is 10.2. The van der Waals surface area contributed by atoms with Crippen molar-refractivity contribution in [3.63, 3.8) is 0 Å². The fourth-order valence-electron chi connectivity index (χ4n) is 1.79. The van der Waals surface area contributed by atoms with Gasteiger partial charge in [0, 0.05) is 18.9 Å². The van der Waals surface area contributed by atoms with E-state index in [2.05, 4.69) is 20.3 Å². The van der Waals surface area contributed by atoms with E-state index in [1.165, 1.54) is 12.8 Å². The van der Waals surface area contributed by atoms with E-state index in [0.717, 1.165) is 5.82 Å². The Hall–Kier alpha value is -1.43. The number of halogens is 1. The fourth-order valence-corrected chi connectivity index (χ4v) is 2.00. The minimum absolute atomic E-state index is 0.433. The van der Waals surface area contributed by atoms with E-state index < -0.39 is 0 Å². The predicted octanol–water partition coefficient (Wildman–Crippen LogP) is 1.74. The molecule has 6 nitrogen and oxygen atoms in total. The summed E-state index contributed by atoms with van der Waals surface area (Å²) in [5.74, 6) is 2.77. The SMILES string of the molecule is Cc1noc(CCn2c(Cl)nnc2C2CC2)n1. The molecule has 90 valence electrons. The van der Waals surface area contributed by atoms with Gasteiger partial charge in [-0.3, -0.25) is 0 Å². The van der Waals surface area contributed by atoms with Crippen LogP contribution in [0, 0.1) is 6.92 Å². The van der Waals surface area contributed by atoms with E-state index in [1.54, 1.807) is 6.92 Å². The smallest absolute Gasteiger partial charge is 0.228 e. The van der Waals surface area contributed by atoms with Gasteiger partial charge >= 0.3 is 0 Å². The third-order valence-corrected chi connectivity index (χ3v) is 3.08. The molecule has 0 N–H and O–H groups in total. The van der Waals surface area contributed by atoms with Crippen molar-refractivity contribution in [1.29, 1.82) is 0 Å². The first-order valence-electron chi connectivity index (χ1n) is 5.62. The van der Waals surface area contributed by atoms with Crippen LogP contribution in [0.3, 0.4) is 0 Å². The van der Waals surface area contributed by atoms with Gasteiger partial charge in [0.15, 0.2) is 5.82 Å². The molecular formula is C10H12ClN5O. The molecule has 0 spiro atoms. The molecule has 0 amide bonds. The van der Waals surface area contributed by atoms with Crippen LogP contribution in [-0.4, -0.2) is 24.9 Å². The maximum Gasteiger partial charge on any atom is 0.228 e. The second-order valence-corrected chi connectivity index (χ2v) is 4.58. The van der Waals surface area contributed by atoms with Crippen molar-refractivity contribution < 1.29 is 4.52 Å². The van der Waals surface area contributed by atoms with Crippen molar-refractivity contribution in [2.75, 3.05) is 0 Å². The number of nitrogens with zero attached hydrogens (tertiary/aromatic N) is 5. The van der Waals surface area contributed by atoms with E-state index in [9.17, 15) is 0 Å². The van der Waals surface area contributed by atoms with Gasteiger partial charge in [0.25, 0.3) is 0 Å². The third-order valence-electron chi connectivity index (χ3n) is 2.80. The first kappa shape index (κ1) is 10.7. The van der Waals surface area contributed by atoms with Gasteiger partial charge in [-0.15, -0.1) is 10.2 Å². The average Bonchev–Trinajstić information content (AvgIpc) is 2.97. The maximum absolute atomic E-state index is 6.01. The van der Waals surface area contributed by atoms with Gasteiger partial charge in [-0.25, -0.2) is 0 Å². The molecule has 0 atom stereocenters. The number of hydrogen-bond donors (Lipinski definition) is 0. The van der Waals surface area contributed by atoms with Crippen LogP contribution in [0.2, 0.25) is 5.28 Å². The lowest BCUT2D eigenvalue weighted by molar-refractivity contribution is 0.367. The first-order valence-corrected chi connectivity index (χ1v) is 5.99. The van der Waals surface area contributed by atoms with Crippen LogP contribution >= 0.6 is 11.6 Å². The number of aromatic nitrogens is 5. The lowest BCUT2D eigenvalue weighted by Crippen LogP contribution is -2.06. The lowest BCUT2D eigenvalue weighted by Gasteiger charge is -2.04. The highest BCUT2D eigenvalue weighted by molar-refractivity contribution is 6.28. The molecule has 2 heterocycles. The molecule has 2 aromatic heterocycles. The Kier molecular flexibility index (Phi) is 2.58. The molecule has 1 aliphatic carbocycles.